The van der Waals surface area contributed by atoms with E-state index in [9.17, 15) is 9.90 Å². The van der Waals surface area contributed by atoms with Crippen molar-refractivity contribution in [3.63, 3.8) is 0 Å². The highest BCUT2D eigenvalue weighted by Crippen LogP contribution is 2.23. The number of rotatable bonds is 4. The summed E-state index contributed by atoms with van der Waals surface area (Å²) in [6, 6.07) is 12.5. The minimum Gasteiger partial charge on any atom is -0.393 e. The number of nitrogens with zero attached hydrogens (tertiary/aromatic N) is 2. The predicted molar refractivity (Wildman–Crippen MR) is 106 cm³/mol. The number of nitrogens with one attached hydrogen (secondary N) is 1. The van der Waals surface area contributed by atoms with Gasteiger partial charge in [0.05, 0.1) is 17.2 Å². The van der Waals surface area contributed by atoms with Crippen molar-refractivity contribution in [3.05, 3.63) is 65.5 Å². The van der Waals surface area contributed by atoms with E-state index >= 15 is 0 Å². The van der Waals surface area contributed by atoms with Crippen molar-refractivity contribution in [1.82, 2.24) is 14.9 Å². The highest BCUT2D eigenvalue weighted by molar-refractivity contribution is 6.05. The minimum absolute atomic E-state index is 0.0808. The van der Waals surface area contributed by atoms with Gasteiger partial charge in [-0.15, -0.1) is 0 Å². The second-order valence-electron chi connectivity index (χ2n) is 7.51. The number of pyridine rings is 1. The quantitative estimate of drug-likeness (QED) is 0.746. The average Bonchev–Trinajstić information content (AvgIpc) is 3.04. The van der Waals surface area contributed by atoms with Gasteiger partial charge in [-0.25, -0.2) is 0 Å². The molecule has 1 aliphatic rings. The number of carbonyl (C=O) groups excluding carboxylic acids is 1. The van der Waals surface area contributed by atoms with E-state index in [0.717, 1.165) is 36.7 Å². The molecule has 0 spiro atoms. The maximum atomic E-state index is 12.9. The van der Waals surface area contributed by atoms with Crippen LogP contribution in [0.1, 0.15) is 47.2 Å². The number of hydrogen-bond donors (Lipinski definition) is 2. The largest absolute Gasteiger partial charge is 0.393 e. The molecule has 3 aromatic rings. The predicted octanol–water partition coefficient (Wildman–Crippen LogP) is 3.43. The van der Waals surface area contributed by atoms with Crippen molar-refractivity contribution in [1.29, 1.82) is 0 Å². The molecule has 0 atom stereocenters. The van der Waals surface area contributed by atoms with Crippen LogP contribution in [-0.4, -0.2) is 32.7 Å². The third-order valence-corrected chi connectivity index (χ3v) is 5.39. The normalized spacial score (nSPS) is 19.9. The lowest BCUT2D eigenvalue weighted by atomic mass is 9.93. The van der Waals surface area contributed by atoms with Crippen LogP contribution in [0, 0.1) is 6.92 Å². The summed E-state index contributed by atoms with van der Waals surface area (Å²) in [5.41, 5.74) is 4.73. The number of carbonyl (C=O) groups is 1. The minimum atomic E-state index is -0.226. The molecule has 140 valence electrons. The van der Waals surface area contributed by atoms with Crippen LogP contribution in [-0.2, 0) is 6.54 Å². The van der Waals surface area contributed by atoms with Gasteiger partial charge in [-0.2, -0.15) is 0 Å². The van der Waals surface area contributed by atoms with Crippen molar-refractivity contribution in [2.45, 2.75) is 51.3 Å². The fourth-order valence-electron chi connectivity index (χ4n) is 3.79. The van der Waals surface area contributed by atoms with E-state index in [-0.39, 0.29) is 18.1 Å². The van der Waals surface area contributed by atoms with Crippen molar-refractivity contribution < 1.29 is 9.90 Å². The van der Waals surface area contributed by atoms with Crippen LogP contribution in [0.4, 0.5) is 0 Å². The highest BCUT2D eigenvalue weighted by Gasteiger charge is 2.23. The molecule has 2 aromatic heterocycles. The summed E-state index contributed by atoms with van der Waals surface area (Å²) in [7, 11) is 0. The number of hydrogen-bond acceptors (Lipinski definition) is 3. The topological polar surface area (TPSA) is 67.2 Å². The second kappa shape index (κ2) is 7.53. The molecule has 0 saturated heterocycles. The molecule has 1 fully saturated rings. The molecule has 0 bridgehead atoms. The zero-order chi connectivity index (χ0) is 18.8. The SMILES string of the molecule is Cc1ccc(Cn2cc(C(=O)NC3CCC(O)CC3)c3ncccc32)cc1. The van der Waals surface area contributed by atoms with Gasteiger partial charge in [0, 0.05) is 25.0 Å². The number of aryl methyl sites for hydroxylation is 1. The Morgan fingerprint density at radius 3 is 2.67 bits per heavy atom. The van der Waals surface area contributed by atoms with E-state index < -0.39 is 0 Å². The lowest BCUT2D eigenvalue weighted by molar-refractivity contribution is 0.0869. The van der Waals surface area contributed by atoms with Crippen LogP contribution in [0.5, 0.6) is 0 Å². The molecular weight excluding hydrogens is 338 g/mol. The zero-order valence-electron chi connectivity index (χ0n) is 15.6. The van der Waals surface area contributed by atoms with Gasteiger partial charge < -0.3 is 15.0 Å². The van der Waals surface area contributed by atoms with Gasteiger partial charge in [-0.3, -0.25) is 9.78 Å². The summed E-state index contributed by atoms with van der Waals surface area (Å²) in [5.74, 6) is -0.0808. The van der Waals surface area contributed by atoms with Crippen molar-refractivity contribution >= 4 is 16.9 Å². The monoisotopic (exact) mass is 363 g/mol. The summed E-state index contributed by atoms with van der Waals surface area (Å²) in [4.78, 5) is 17.4. The molecule has 0 aliphatic heterocycles. The Balaban J connectivity index is 1.59. The Kier molecular flexibility index (Phi) is 4.94. The smallest absolute Gasteiger partial charge is 0.255 e. The lowest BCUT2D eigenvalue weighted by Crippen LogP contribution is -2.38. The van der Waals surface area contributed by atoms with Crippen LogP contribution in [0.3, 0.4) is 0 Å². The van der Waals surface area contributed by atoms with E-state index in [1.807, 2.05) is 18.3 Å². The summed E-state index contributed by atoms with van der Waals surface area (Å²) in [6.45, 7) is 2.77. The molecule has 0 radical (unpaired) electrons. The van der Waals surface area contributed by atoms with Gasteiger partial charge in [0.15, 0.2) is 0 Å². The van der Waals surface area contributed by atoms with Crippen molar-refractivity contribution in [2.75, 3.05) is 0 Å². The number of amides is 1. The van der Waals surface area contributed by atoms with Gasteiger partial charge in [-0.05, 0) is 50.3 Å². The molecule has 1 amide bonds. The van der Waals surface area contributed by atoms with Crippen LogP contribution in [0.15, 0.2) is 48.8 Å². The van der Waals surface area contributed by atoms with Gasteiger partial charge in [0.1, 0.15) is 5.52 Å². The second-order valence-corrected chi connectivity index (χ2v) is 7.51. The first-order valence-electron chi connectivity index (χ1n) is 9.58. The first-order chi connectivity index (χ1) is 13.1. The van der Waals surface area contributed by atoms with Gasteiger partial charge >= 0.3 is 0 Å². The third kappa shape index (κ3) is 3.88. The summed E-state index contributed by atoms with van der Waals surface area (Å²) in [5, 5.41) is 12.8. The van der Waals surface area contributed by atoms with E-state index in [4.69, 9.17) is 0 Å². The van der Waals surface area contributed by atoms with Crippen LogP contribution >= 0.6 is 0 Å². The molecule has 5 nitrogen and oxygen atoms in total. The Morgan fingerprint density at radius 1 is 1.19 bits per heavy atom. The molecule has 2 N–H and O–H groups in total. The van der Waals surface area contributed by atoms with E-state index in [1.54, 1.807) is 6.20 Å². The molecule has 5 heteroatoms. The first kappa shape index (κ1) is 17.7. The molecule has 27 heavy (non-hydrogen) atoms. The Morgan fingerprint density at radius 2 is 1.93 bits per heavy atom. The zero-order valence-corrected chi connectivity index (χ0v) is 15.6. The highest BCUT2D eigenvalue weighted by atomic mass is 16.3. The standard InChI is InChI=1S/C22H25N3O2/c1-15-4-6-16(7-5-15)13-25-14-19(21-20(25)3-2-12-23-21)22(27)24-17-8-10-18(26)11-9-17/h2-7,12,14,17-18,26H,8-11,13H2,1H3,(H,24,27). The van der Waals surface area contributed by atoms with Gasteiger partial charge in [0.25, 0.3) is 5.91 Å². The number of benzene rings is 1. The average molecular weight is 363 g/mol. The Hall–Kier alpha value is -2.66. The maximum absolute atomic E-state index is 12.9. The van der Waals surface area contributed by atoms with Crippen LogP contribution in [0.25, 0.3) is 11.0 Å². The number of aliphatic hydroxyl groups is 1. The van der Waals surface area contributed by atoms with Crippen LogP contribution < -0.4 is 5.32 Å². The van der Waals surface area contributed by atoms with E-state index in [1.165, 1.54) is 11.1 Å². The molecule has 1 aromatic carbocycles. The Labute approximate surface area is 159 Å². The molecular formula is C22H25N3O2. The molecule has 4 rings (SSSR count). The van der Waals surface area contributed by atoms with Crippen LogP contribution in [0.2, 0.25) is 0 Å². The van der Waals surface area contributed by atoms with Gasteiger partial charge in [-0.1, -0.05) is 29.8 Å². The first-order valence-corrected chi connectivity index (χ1v) is 9.58. The number of aromatic nitrogens is 2. The fourth-order valence-corrected chi connectivity index (χ4v) is 3.79. The van der Waals surface area contributed by atoms with E-state index in [0.29, 0.717) is 12.1 Å². The van der Waals surface area contributed by atoms with Gasteiger partial charge in [0.2, 0.25) is 0 Å². The number of aliphatic hydroxyl groups excluding tert-OH is 1. The fraction of sp³-hybridized carbons (Fsp3) is 0.364. The summed E-state index contributed by atoms with van der Waals surface area (Å²) >= 11 is 0. The Bertz CT molecular complexity index is 938. The van der Waals surface area contributed by atoms with Crippen molar-refractivity contribution in [3.8, 4) is 0 Å². The molecule has 2 heterocycles. The lowest BCUT2D eigenvalue weighted by Gasteiger charge is -2.26. The summed E-state index contributed by atoms with van der Waals surface area (Å²) in [6.07, 6.45) is 6.55. The molecule has 0 unspecified atom stereocenters. The molecule has 1 aliphatic carbocycles. The third-order valence-electron chi connectivity index (χ3n) is 5.39. The summed E-state index contributed by atoms with van der Waals surface area (Å²) < 4.78 is 2.09. The maximum Gasteiger partial charge on any atom is 0.255 e. The van der Waals surface area contributed by atoms with E-state index in [2.05, 4.69) is 46.1 Å². The van der Waals surface area contributed by atoms with Crippen molar-refractivity contribution in [2.24, 2.45) is 0 Å². The molecule has 1 saturated carbocycles. The number of fused-ring (bicyclic) bond motifs is 1.